The molecular weight excluding hydrogens is 424 g/mol. The molecule has 0 saturated heterocycles. The van der Waals surface area contributed by atoms with Crippen molar-refractivity contribution in [2.24, 2.45) is 0 Å². The number of ether oxygens (including phenoxy) is 2. The van der Waals surface area contributed by atoms with Gasteiger partial charge in [-0.05, 0) is 59.9 Å². The lowest BCUT2D eigenvalue weighted by Gasteiger charge is -2.19. The van der Waals surface area contributed by atoms with E-state index in [1.54, 1.807) is 49.4 Å². The zero-order chi connectivity index (χ0) is 23.0. The van der Waals surface area contributed by atoms with Gasteiger partial charge in [-0.3, -0.25) is 4.79 Å². The molecule has 1 heterocycles. The van der Waals surface area contributed by atoms with Gasteiger partial charge in [-0.1, -0.05) is 62.7 Å². The topological polar surface area (TPSA) is 52.6 Å². The molecule has 0 aromatic heterocycles. The third kappa shape index (κ3) is 4.19. The van der Waals surface area contributed by atoms with Crippen LogP contribution in [0.3, 0.4) is 0 Å². The molecule has 0 fully saturated rings. The number of carbonyl (C=O) groups is 2. The lowest BCUT2D eigenvalue weighted by molar-refractivity contribution is 0.0733. The lowest BCUT2D eigenvalue weighted by atomic mass is 9.87. The predicted octanol–water partition coefficient (Wildman–Crippen LogP) is 6.78. The van der Waals surface area contributed by atoms with Gasteiger partial charge in [0.2, 0.25) is 5.78 Å². The summed E-state index contributed by atoms with van der Waals surface area (Å²) in [4.78, 5) is 25.5. The number of benzene rings is 3. The third-order valence-electron chi connectivity index (χ3n) is 5.42. The van der Waals surface area contributed by atoms with Crippen molar-refractivity contribution in [2.75, 3.05) is 0 Å². The summed E-state index contributed by atoms with van der Waals surface area (Å²) in [5.41, 5.74) is 3.28. The average molecular weight is 447 g/mol. The van der Waals surface area contributed by atoms with Crippen LogP contribution >= 0.6 is 11.6 Å². The fourth-order valence-corrected chi connectivity index (χ4v) is 3.67. The third-order valence-corrected chi connectivity index (χ3v) is 5.76. The Morgan fingerprint density at radius 3 is 2.34 bits per heavy atom. The molecule has 1 aliphatic rings. The van der Waals surface area contributed by atoms with Crippen LogP contribution in [0, 0.1) is 6.92 Å². The molecule has 0 unspecified atom stereocenters. The second-order valence-electron chi connectivity index (χ2n) is 8.74. The molecule has 162 valence electrons. The Bertz CT molecular complexity index is 1250. The van der Waals surface area contributed by atoms with Crippen molar-refractivity contribution in [3.63, 3.8) is 0 Å². The van der Waals surface area contributed by atoms with Crippen LogP contribution in [0.15, 0.2) is 66.4 Å². The Labute approximate surface area is 192 Å². The van der Waals surface area contributed by atoms with Crippen LogP contribution in [-0.4, -0.2) is 11.8 Å². The standard InChI is InChI=1S/C27H23ClO4/c1-16-22(32-26(30)17-9-11-19(12-10-17)27(2,3)4)14-13-20-24(29)23(31-25(16)20)15-18-7-5-6-8-21(18)28/h5-15H,1-4H3/b23-15-. The highest BCUT2D eigenvalue weighted by Gasteiger charge is 2.30. The van der Waals surface area contributed by atoms with E-state index in [-0.39, 0.29) is 17.0 Å². The van der Waals surface area contributed by atoms with E-state index >= 15 is 0 Å². The smallest absolute Gasteiger partial charge is 0.343 e. The molecule has 3 aromatic rings. The van der Waals surface area contributed by atoms with Crippen molar-refractivity contribution >= 4 is 29.4 Å². The second-order valence-corrected chi connectivity index (χ2v) is 9.15. The van der Waals surface area contributed by atoms with Gasteiger partial charge in [0.1, 0.15) is 11.5 Å². The molecule has 0 radical (unpaired) electrons. The van der Waals surface area contributed by atoms with E-state index in [4.69, 9.17) is 21.1 Å². The molecule has 4 nitrogen and oxygen atoms in total. The number of hydrogen-bond acceptors (Lipinski definition) is 4. The first-order valence-corrected chi connectivity index (χ1v) is 10.7. The first-order valence-electron chi connectivity index (χ1n) is 10.3. The zero-order valence-corrected chi connectivity index (χ0v) is 19.1. The summed E-state index contributed by atoms with van der Waals surface area (Å²) in [6.45, 7) is 8.10. The van der Waals surface area contributed by atoms with Crippen molar-refractivity contribution in [2.45, 2.75) is 33.1 Å². The molecule has 1 aliphatic heterocycles. The number of carbonyl (C=O) groups excluding carboxylic acids is 2. The fourth-order valence-electron chi connectivity index (χ4n) is 3.48. The van der Waals surface area contributed by atoms with E-state index < -0.39 is 5.97 Å². The molecule has 0 amide bonds. The summed E-state index contributed by atoms with van der Waals surface area (Å²) < 4.78 is 11.5. The van der Waals surface area contributed by atoms with Gasteiger partial charge in [0.05, 0.1) is 11.1 Å². The number of Topliss-reactive ketones (excluding diaryl/α,β-unsaturated/α-hetero) is 1. The minimum atomic E-state index is -0.468. The van der Waals surface area contributed by atoms with E-state index in [1.807, 2.05) is 24.3 Å². The summed E-state index contributed by atoms with van der Waals surface area (Å²) in [6, 6.07) is 17.8. The van der Waals surface area contributed by atoms with Gasteiger partial charge in [0.25, 0.3) is 0 Å². The molecule has 3 aromatic carbocycles. The van der Waals surface area contributed by atoms with Gasteiger partial charge >= 0.3 is 5.97 Å². The molecule has 0 saturated carbocycles. The van der Waals surface area contributed by atoms with Gasteiger partial charge in [0.15, 0.2) is 5.76 Å². The Morgan fingerprint density at radius 1 is 1.00 bits per heavy atom. The number of halogens is 1. The maximum Gasteiger partial charge on any atom is 0.343 e. The number of esters is 1. The Balaban J connectivity index is 1.58. The van der Waals surface area contributed by atoms with E-state index in [1.165, 1.54) is 0 Å². The molecular formula is C27H23ClO4. The summed E-state index contributed by atoms with van der Waals surface area (Å²) in [7, 11) is 0. The largest absolute Gasteiger partial charge is 0.452 e. The molecule has 0 aliphatic carbocycles. The van der Waals surface area contributed by atoms with Gasteiger partial charge in [0, 0.05) is 10.6 Å². The second kappa shape index (κ2) is 8.29. The number of rotatable bonds is 3. The first-order chi connectivity index (χ1) is 15.1. The van der Waals surface area contributed by atoms with Gasteiger partial charge in [-0.15, -0.1) is 0 Å². The van der Waals surface area contributed by atoms with E-state index in [0.29, 0.717) is 38.8 Å². The number of fused-ring (bicyclic) bond motifs is 1. The predicted molar refractivity (Wildman–Crippen MR) is 126 cm³/mol. The highest BCUT2D eigenvalue weighted by molar-refractivity contribution is 6.32. The number of ketones is 1. The minimum Gasteiger partial charge on any atom is -0.452 e. The highest BCUT2D eigenvalue weighted by atomic mass is 35.5. The average Bonchev–Trinajstić information content (AvgIpc) is 3.07. The van der Waals surface area contributed by atoms with Crippen LogP contribution in [0.1, 0.15) is 58.2 Å². The summed E-state index contributed by atoms with van der Waals surface area (Å²) in [5, 5.41) is 0.524. The van der Waals surface area contributed by atoms with E-state index in [0.717, 1.165) is 5.56 Å². The normalized spacial score (nSPS) is 14.3. The number of allylic oxidation sites excluding steroid dienone is 1. The van der Waals surface area contributed by atoms with Crippen LogP contribution in [-0.2, 0) is 5.41 Å². The maximum absolute atomic E-state index is 12.8. The van der Waals surface area contributed by atoms with Gasteiger partial charge in [-0.25, -0.2) is 4.79 Å². The highest BCUT2D eigenvalue weighted by Crippen LogP contribution is 2.39. The van der Waals surface area contributed by atoms with Crippen molar-refractivity contribution in [3.8, 4) is 11.5 Å². The molecule has 0 spiro atoms. The first kappa shape index (κ1) is 21.8. The summed E-state index contributed by atoms with van der Waals surface area (Å²) >= 11 is 6.20. The quantitative estimate of drug-likeness (QED) is 0.253. The monoisotopic (exact) mass is 446 g/mol. The van der Waals surface area contributed by atoms with Crippen LogP contribution in [0.4, 0.5) is 0 Å². The van der Waals surface area contributed by atoms with Crippen LogP contribution in [0.2, 0.25) is 5.02 Å². The Morgan fingerprint density at radius 2 is 1.69 bits per heavy atom. The Hall–Kier alpha value is -3.37. The van der Waals surface area contributed by atoms with Crippen LogP contribution in [0.25, 0.3) is 6.08 Å². The molecule has 5 heteroatoms. The fraction of sp³-hybridized carbons (Fsp3) is 0.185. The molecule has 32 heavy (non-hydrogen) atoms. The van der Waals surface area contributed by atoms with Crippen molar-refractivity contribution < 1.29 is 19.1 Å². The number of hydrogen-bond donors (Lipinski definition) is 0. The SMILES string of the molecule is Cc1c(OC(=O)c2ccc(C(C)(C)C)cc2)ccc2c1O/C(=C\c1ccccc1Cl)C2=O. The maximum atomic E-state index is 12.8. The summed E-state index contributed by atoms with van der Waals surface area (Å²) in [6.07, 6.45) is 1.62. The lowest BCUT2D eigenvalue weighted by Crippen LogP contribution is -2.13. The molecule has 0 bridgehead atoms. The molecule has 0 atom stereocenters. The van der Waals surface area contributed by atoms with Crippen molar-refractivity contribution in [1.82, 2.24) is 0 Å². The van der Waals surface area contributed by atoms with Gasteiger partial charge < -0.3 is 9.47 Å². The van der Waals surface area contributed by atoms with Crippen molar-refractivity contribution in [1.29, 1.82) is 0 Å². The van der Waals surface area contributed by atoms with Crippen molar-refractivity contribution in [3.05, 3.63) is 99.3 Å². The molecule has 0 N–H and O–H groups in total. The van der Waals surface area contributed by atoms with E-state index in [9.17, 15) is 9.59 Å². The Kier molecular flexibility index (Phi) is 5.66. The van der Waals surface area contributed by atoms with Crippen LogP contribution < -0.4 is 9.47 Å². The minimum absolute atomic E-state index is 0.00190. The van der Waals surface area contributed by atoms with Gasteiger partial charge in [-0.2, -0.15) is 0 Å². The van der Waals surface area contributed by atoms with Crippen LogP contribution in [0.5, 0.6) is 11.5 Å². The zero-order valence-electron chi connectivity index (χ0n) is 18.4. The molecule has 4 rings (SSSR count). The van der Waals surface area contributed by atoms with E-state index in [2.05, 4.69) is 20.8 Å². The summed E-state index contributed by atoms with van der Waals surface area (Å²) in [5.74, 6) is 0.211.